The van der Waals surface area contributed by atoms with Gasteiger partial charge in [-0.3, -0.25) is 4.79 Å². The molecule has 2 aliphatic rings. The second kappa shape index (κ2) is 7.81. The summed E-state index contributed by atoms with van der Waals surface area (Å²) in [7, 11) is 0. The maximum Gasteiger partial charge on any atom is 0.226 e. The standard InChI is InChI=1S/C22H26N2O.ClH/c23-13-6-14-24(16-17-7-2-1-3-8-17)21(25)20-15-22(20)12-11-18-9-4-5-10-19(18)22;/h1-5,7-10,20H,6,11-16,23H2;1H. The molecule has 0 bridgehead atoms. The van der Waals surface area contributed by atoms with Gasteiger partial charge in [-0.15, -0.1) is 12.4 Å². The molecule has 0 aromatic heterocycles. The number of rotatable bonds is 6. The minimum Gasteiger partial charge on any atom is -0.338 e. The Labute approximate surface area is 162 Å². The number of fused-ring (bicyclic) bond motifs is 2. The second-order valence-electron chi connectivity index (χ2n) is 7.46. The van der Waals surface area contributed by atoms with Crippen LogP contribution < -0.4 is 5.73 Å². The summed E-state index contributed by atoms with van der Waals surface area (Å²) >= 11 is 0. The molecule has 26 heavy (non-hydrogen) atoms. The van der Waals surface area contributed by atoms with Crippen LogP contribution in [0.15, 0.2) is 54.6 Å². The molecule has 4 rings (SSSR count). The summed E-state index contributed by atoms with van der Waals surface area (Å²) in [5.41, 5.74) is 9.87. The highest BCUT2D eigenvalue weighted by molar-refractivity contribution is 5.85. The zero-order valence-corrected chi connectivity index (χ0v) is 15.9. The highest BCUT2D eigenvalue weighted by Gasteiger charge is 2.61. The number of carbonyl (C=O) groups excluding carboxylic acids is 1. The van der Waals surface area contributed by atoms with E-state index in [9.17, 15) is 4.79 Å². The van der Waals surface area contributed by atoms with Gasteiger partial charge in [0, 0.05) is 24.4 Å². The van der Waals surface area contributed by atoms with Crippen LogP contribution >= 0.6 is 12.4 Å². The molecule has 4 heteroatoms. The summed E-state index contributed by atoms with van der Waals surface area (Å²) in [6.07, 6.45) is 4.10. The zero-order valence-electron chi connectivity index (χ0n) is 15.1. The number of aryl methyl sites for hydroxylation is 1. The van der Waals surface area contributed by atoms with Gasteiger partial charge in [0.1, 0.15) is 0 Å². The van der Waals surface area contributed by atoms with E-state index in [1.165, 1.54) is 16.7 Å². The molecule has 138 valence electrons. The number of hydrogen-bond donors (Lipinski definition) is 1. The molecule has 3 nitrogen and oxygen atoms in total. The quantitative estimate of drug-likeness (QED) is 0.842. The van der Waals surface area contributed by atoms with Gasteiger partial charge in [0.05, 0.1) is 0 Å². The van der Waals surface area contributed by atoms with Crippen molar-refractivity contribution in [3.8, 4) is 0 Å². The van der Waals surface area contributed by atoms with Crippen LogP contribution in [0, 0.1) is 5.92 Å². The first-order valence-corrected chi connectivity index (χ1v) is 9.36. The Morgan fingerprint density at radius 1 is 1.12 bits per heavy atom. The van der Waals surface area contributed by atoms with Crippen molar-refractivity contribution in [3.63, 3.8) is 0 Å². The number of nitrogens with two attached hydrogens (primary N) is 1. The molecule has 0 aliphatic heterocycles. The highest BCUT2D eigenvalue weighted by atomic mass is 35.5. The largest absolute Gasteiger partial charge is 0.338 e. The van der Waals surface area contributed by atoms with Gasteiger partial charge in [-0.05, 0) is 48.9 Å². The summed E-state index contributed by atoms with van der Waals surface area (Å²) in [6, 6.07) is 19.0. The first kappa shape index (κ1) is 18.9. The number of carbonyl (C=O) groups is 1. The topological polar surface area (TPSA) is 46.3 Å². The van der Waals surface area contributed by atoms with E-state index >= 15 is 0 Å². The van der Waals surface area contributed by atoms with Gasteiger partial charge >= 0.3 is 0 Å². The minimum absolute atomic E-state index is 0. The Morgan fingerprint density at radius 2 is 1.85 bits per heavy atom. The summed E-state index contributed by atoms with van der Waals surface area (Å²) in [5, 5.41) is 0. The van der Waals surface area contributed by atoms with E-state index in [0.717, 1.165) is 32.2 Å². The van der Waals surface area contributed by atoms with Crippen LogP contribution in [0.1, 0.15) is 36.0 Å². The normalized spacial score (nSPS) is 22.6. The van der Waals surface area contributed by atoms with Crippen LogP contribution in [0.25, 0.3) is 0 Å². The number of amides is 1. The first-order chi connectivity index (χ1) is 12.2. The van der Waals surface area contributed by atoms with Gasteiger partial charge in [0.25, 0.3) is 0 Å². The molecule has 2 unspecified atom stereocenters. The van der Waals surface area contributed by atoms with Crippen molar-refractivity contribution in [1.82, 2.24) is 4.90 Å². The van der Waals surface area contributed by atoms with E-state index in [0.29, 0.717) is 19.0 Å². The number of benzene rings is 2. The van der Waals surface area contributed by atoms with Gasteiger partial charge in [-0.1, -0.05) is 54.6 Å². The summed E-state index contributed by atoms with van der Waals surface area (Å²) in [5.74, 6) is 0.464. The van der Waals surface area contributed by atoms with E-state index in [1.54, 1.807) is 0 Å². The van der Waals surface area contributed by atoms with E-state index < -0.39 is 0 Å². The molecule has 1 spiro atoms. The van der Waals surface area contributed by atoms with Crippen molar-refractivity contribution in [1.29, 1.82) is 0 Å². The van der Waals surface area contributed by atoms with Crippen LogP contribution in [0.4, 0.5) is 0 Å². The Balaban J connectivity index is 0.00000196. The van der Waals surface area contributed by atoms with E-state index in [2.05, 4.69) is 36.4 Å². The molecule has 0 saturated heterocycles. The zero-order chi connectivity index (χ0) is 17.3. The second-order valence-corrected chi connectivity index (χ2v) is 7.46. The van der Waals surface area contributed by atoms with Crippen molar-refractivity contribution in [2.75, 3.05) is 13.1 Å². The van der Waals surface area contributed by atoms with Crippen molar-refractivity contribution in [2.24, 2.45) is 11.7 Å². The smallest absolute Gasteiger partial charge is 0.226 e. The number of halogens is 1. The lowest BCUT2D eigenvalue weighted by molar-refractivity contribution is -0.133. The van der Waals surface area contributed by atoms with Crippen LogP contribution in [0.3, 0.4) is 0 Å². The fraction of sp³-hybridized carbons (Fsp3) is 0.409. The van der Waals surface area contributed by atoms with Crippen molar-refractivity contribution < 1.29 is 4.79 Å². The molecular formula is C22H27ClN2O. The summed E-state index contributed by atoms with van der Waals surface area (Å²) in [4.78, 5) is 15.3. The molecule has 1 fully saturated rings. The van der Waals surface area contributed by atoms with E-state index in [4.69, 9.17) is 5.73 Å². The Kier molecular flexibility index (Phi) is 5.69. The maximum atomic E-state index is 13.3. The van der Waals surface area contributed by atoms with Gasteiger partial charge in [-0.25, -0.2) is 0 Å². The molecule has 0 heterocycles. The lowest BCUT2D eigenvalue weighted by Crippen LogP contribution is -2.35. The van der Waals surface area contributed by atoms with Gasteiger partial charge in [0.15, 0.2) is 0 Å². The third kappa shape index (κ3) is 3.38. The highest BCUT2D eigenvalue weighted by Crippen LogP contribution is 2.62. The average molecular weight is 371 g/mol. The molecule has 2 aromatic rings. The van der Waals surface area contributed by atoms with Crippen LogP contribution in [-0.2, 0) is 23.2 Å². The molecular weight excluding hydrogens is 344 g/mol. The summed E-state index contributed by atoms with van der Waals surface area (Å²) in [6.45, 7) is 2.06. The lowest BCUT2D eigenvalue weighted by Gasteiger charge is -2.24. The average Bonchev–Trinajstić information content (AvgIpc) is 3.28. The maximum absolute atomic E-state index is 13.3. The first-order valence-electron chi connectivity index (χ1n) is 9.36. The summed E-state index contributed by atoms with van der Waals surface area (Å²) < 4.78 is 0. The number of hydrogen-bond acceptors (Lipinski definition) is 2. The fourth-order valence-corrected chi connectivity index (χ4v) is 4.49. The van der Waals surface area contributed by atoms with Crippen LogP contribution in [-0.4, -0.2) is 23.9 Å². The van der Waals surface area contributed by atoms with Crippen LogP contribution in [0.2, 0.25) is 0 Å². The predicted octanol–water partition coefficient (Wildman–Crippen LogP) is 3.69. The monoisotopic (exact) mass is 370 g/mol. The Morgan fingerprint density at radius 3 is 2.62 bits per heavy atom. The molecule has 1 amide bonds. The van der Waals surface area contributed by atoms with Crippen molar-refractivity contribution in [3.05, 3.63) is 71.3 Å². The van der Waals surface area contributed by atoms with E-state index in [-0.39, 0.29) is 23.7 Å². The van der Waals surface area contributed by atoms with Crippen LogP contribution in [0.5, 0.6) is 0 Å². The molecule has 0 radical (unpaired) electrons. The van der Waals surface area contributed by atoms with E-state index in [1.807, 2.05) is 23.1 Å². The SMILES string of the molecule is Cl.NCCCN(Cc1ccccc1)C(=O)C1CC12CCc1ccccc12. The molecule has 2 atom stereocenters. The third-order valence-electron chi connectivity index (χ3n) is 5.93. The minimum atomic E-state index is 0. The molecule has 2 N–H and O–H groups in total. The third-order valence-corrected chi connectivity index (χ3v) is 5.93. The molecule has 2 aromatic carbocycles. The Bertz CT molecular complexity index is 764. The van der Waals surface area contributed by atoms with Gasteiger partial charge in [0.2, 0.25) is 5.91 Å². The molecule has 2 aliphatic carbocycles. The Hall–Kier alpha value is -1.84. The number of nitrogens with zero attached hydrogens (tertiary/aromatic N) is 1. The van der Waals surface area contributed by atoms with Crippen molar-refractivity contribution in [2.45, 2.75) is 37.6 Å². The fourth-order valence-electron chi connectivity index (χ4n) is 4.49. The van der Waals surface area contributed by atoms with Gasteiger partial charge in [-0.2, -0.15) is 0 Å². The molecule has 1 saturated carbocycles. The van der Waals surface area contributed by atoms with Crippen molar-refractivity contribution >= 4 is 18.3 Å². The van der Waals surface area contributed by atoms with Gasteiger partial charge < -0.3 is 10.6 Å². The lowest BCUT2D eigenvalue weighted by atomic mass is 9.95. The predicted molar refractivity (Wildman–Crippen MR) is 107 cm³/mol.